The lowest BCUT2D eigenvalue weighted by molar-refractivity contribution is 0.0942. The predicted molar refractivity (Wildman–Crippen MR) is 79.5 cm³/mol. The molecule has 0 aliphatic carbocycles. The van der Waals surface area contributed by atoms with Crippen LogP contribution in [-0.4, -0.2) is 31.4 Å². The summed E-state index contributed by atoms with van der Waals surface area (Å²) in [6.45, 7) is 0.489. The molecule has 5 heteroatoms. The monoisotopic (exact) mass is 292 g/mol. The van der Waals surface area contributed by atoms with E-state index in [0.717, 1.165) is 0 Å². The van der Waals surface area contributed by atoms with E-state index in [1.807, 2.05) is 31.6 Å². The van der Waals surface area contributed by atoms with Gasteiger partial charge in [-0.25, -0.2) is 4.39 Å². The van der Waals surface area contributed by atoms with Gasteiger partial charge < -0.3 is 10.2 Å². The first-order valence-corrected chi connectivity index (χ1v) is 7.19. The van der Waals surface area contributed by atoms with Crippen molar-refractivity contribution in [3.05, 3.63) is 58.0 Å². The van der Waals surface area contributed by atoms with Gasteiger partial charge >= 0.3 is 0 Å². The molecule has 1 N–H and O–H groups in total. The summed E-state index contributed by atoms with van der Waals surface area (Å²) in [7, 11) is 3.94. The standard InChI is InChI=1S/C15H17FN2OS/c1-18(2)13(14-7-4-8-20-14)10-17-15(19)11-5-3-6-12(16)9-11/h3-9,13H,10H2,1-2H3,(H,17,19)/t13-/m1/s1. The molecule has 1 atom stereocenters. The van der Waals surface area contributed by atoms with Gasteiger partial charge in [0, 0.05) is 17.0 Å². The third-order valence-electron chi connectivity index (χ3n) is 3.04. The molecule has 20 heavy (non-hydrogen) atoms. The van der Waals surface area contributed by atoms with Crippen molar-refractivity contribution in [2.75, 3.05) is 20.6 Å². The highest BCUT2D eigenvalue weighted by Crippen LogP contribution is 2.22. The Kier molecular flexibility index (Phi) is 4.87. The summed E-state index contributed by atoms with van der Waals surface area (Å²) >= 11 is 1.66. The first-order chi connectivity index (χ1) is 9.58. The topological polar surface area (TPSA) is 32.3 Å². The average molecular weight is 292 g/mol. The zero-order chi connectivity index (χ0) is 14.5. The van der Waals surface area contributed by atoms with E-state index in [0.29, 0.717) is 12.1 Å². The number of likely N-dealkylation sites (N-methyl/N-ethyl adjacent to an activating group) is 1. The van der Waals surface area contributed by atoms with Gasteiger partial charge in [-0.05, 0) is 43.7 Å². The first-order valence-electron chi connectivity index (χ1n) is 6.31. The lowest BCUT2D eigenvalue weighted by atomic mass is 10.2. The van der Waals surface area contributed by atoms with Crippen LogP contribution in [-0.2, 0) is 0 Å². The Morgan fingerprint density at radius 2 is 2.15 bits per heavy atom. The van der Waals surface area contributed by atoms with E-state index >= 15 is 0 Å². The van der Waals surface area contributed by atoms with E-state index in [2.05, 4.69) is 10.2 Å². The van der Waals surface area contributed by atoms with Gasteiger partial charge in [0.2, 0.25) is 0 Å². The second-order valence-corrected chi connectivity index (χ2v) is 5.69. The molecule has 0 saturated carbocycles. The number of nitrogens with one attached hydrogen (secondary N) is 1. The molecule has 2 rings (SSSR count). The molecule has 0 spiro atoms. The van der Waals surface area contributed by atoms with E-state index in [1.54, 1.807) is 17.4 Å². The van der Waals surface area contributed by atoms with Crippen molar-refractivity contribution in [1.29, 1.82) is 0 Å². The van der Waals surface area contributed by atoms with Crippen LogP contribution in [0.25, 0.3) is 0 Å². The van der Waals surface area contributed by atoms with Gasteiger partial charge in [0.1, 0.15) is 5.82 Å². The highest BCUT2D eigenvalue weighted by molar-refractivity contribution is 7.10. The summed E-state index contributed by atoms with van der Waals surface area (Å²) in [6, 6.07) is 9.86. The number of hydrogen-bond acceptors (Lipinski definition) is 3. The summed E-state index contributed by atoms with van der Waals surface area (Å²) in [5.74, 6) is -0.659. The molecule has 1 heterocycles. The van der Waals surface area contributed by atoms with Gasteiger partial charge in [-0.2, -0.15) is 0 Å². The van der Waals surface area contributed by atoms with E-state index < -0.39 is 5.82 Å². The molecule has 106 valence electrons. The minimum absolute atomic E-state index is 0.118. The summed E-state index contributed by atoms with van der Waals surface area (Å²) < 4.78 is 13.1. The molecule has 3 nitrogen and oxygen atoms in total. The van der Waals surface area contributed by atoms with Crippen molar-refractivity contribution in [1.82, 2.24) is 10.2 Å². The Bertz CT molecular complexity index is 569. The van der Waals surface area contributed by atoms with Crippen molar-refractivity contribution in [3.63, 3.8) is 0 Å². The summed E-state index contributed by atoms with van der Waals surface area (Å²) in [4.78, 5) is 15.2. The number of rotatable bonds is 5. The van der Waals surface area contributed by atoms with E-state index in [4.69, 9.17) is 0 Å². The van der Waals surface area contributed by atoms with Gasteiger partial charge in [-0.3, -0.25) is 4.79 Å². The van der Waals surface area contributed by atoms with Crippen LogP contribution in [0.5, 0.6) is 0 Å². The average Bonchev–Trinajstić information content (AvgIpc) is 2.92. The van der Waals surface area contributed by atoms with Crippen LogP contribution in [0.1, 0.15) is 21.3 Å². The van der Waals surface area contributed by atoms with Crippen molar-refractivity contribution < 1.29 is 9.18 Å². The van der Waals surface area contributed by atoms with Gasteiger partial charge in [0.15, 0.2) is 0 Å². The number of carbonyl (C=O) groups is 1. The molecule has 0 aliphatic rings. The number of hydrogen-bond donors (Lipinski definition) is 1. The third-order valence-corrected chi connectivity index (χ3v) is 4.01. The van der Waals surface area contributed by atoms with Crippen molar-refractivity contribution in [2.24, 2.45) is 0 Å². The van der Waals surface area contributed by atoms with Crippen LogP contribution in [0, 0.1) is 5.82 Å². The van der Waals surface area contributed by atoms with Crippen LogP contribution in [0.15, 0.2) is 41.8 Å². The fourth-order valence-electron chi connectivity index (χ4n) is 1.94. The third kappa shape index (κ3) is 3.65. The minimum Gasteiger partial charge on any atom is -0.350 e. The molecule has 1 amide bonds. The van der Waals surface area contributed by atoms with Gasteiger partial charge in [-0.15, -0.1) is 11.3 Å². The second kappa shape index (κ2) is 6.63. The summed E-state index contributed by atoms with van der Waals surface area (Å²) in [5.41, 5.74) is 0.341. The minimum atomic E-state index is -0.403. The number of amides is 1. The normalized spacial score (nSPS) is 12.4. The zero-order valence-electron chi connectivity index (χ0n) is 11.5. The van der Waals surface area contributed by atoms with Crippen molar-refractivity contribution in [3.8, 4) is 0 Å². The van der Waals surface area contributed by atoms with Crippen molar-refractivity contribution >= 4 is 17.2 Å². The number of carbonyl (C=O) groups excluding carboxylic acids is 1. The Hall–Kier alpha value is -1.72. The quantitative estimate of drug-likeness (QED) is 0.919. The van der Waals surface area contributed by atoms with E-state index in [1.165, 1.54) is 23.1 Å². The van der Waals surface area contributed by atoms with Crippen LogP contribution in [0.4, 0.5) is 4.39 Å². The first kappa shape index (κ1) is 14.7. The highest BCUT2D eigenvalue weighted by Gasteiger charge is 2.16. The SMILES string of the molecule is CN(C)[C@H](CNC(=O)c1cccc(F)c1)c1cccs1. The Morgan fingerprint density at radius 3 is 2.75 bits per heavy atom. The molecule has 0 bridgehead atoms. The van der Waals surface area contributed by atoms with Crippen LogP contribution in [0.2, 0.25) is 0 Å². The number of benzene rings is 1. The number of nitrogens with zero attached hydrogens (tertiary/aromatic N) is 1. The summed E-state index contributed by atoms with van der Waals surface area (Å²) in [5, 5.41) is 4.87. The van der Waals surface area contributed by atoms with Gasteiger partial charge in [0.05, 0.1) is 6.04 Å². The largest absolute Gasteiger partial charge is 0.350 e. The van der Waals surface area contributed by atoms with Gasteiger partial charge in [0.25, 0.3) is 5.91 Å². The van der Waals surface area contributed by atoms with Crippen LogP contribution in [0.3, 0.4) is 0 Å². The maximum atomic E-state index is 13.1. The molecule has 0 saturated heterocycles. The second-order valence-electron chi connectivity index (χ2n) is 4.72. The maximum Gasteiger partial charge on any atom is 0.251 e. The van der Waals surface area contributed by atoms with Crippen LogP contribution >= 0.6 is 11.3 Å². The molecule has 0 fully saturated rings. The molecule has 1 aromatic carbocycles. The summed E-state index contributed by atoms with van der Waals surface area (Å²) in [6.07, 6.45) is 0. The maximum absolute atomic E-state index is 13.1. The fraction of sp³-hybridized carbons (Fsp3) is 0.267. The molecule has 0 radical (unpaired) electrons. The molecular weight excluding hydrogens is 275 g/mol. The Morgan fingerprint density at radius 1 is 1.35 bits per heavy atom. The molecule has 0 aliphatic heterocycles. The van der Waals surface area contributed by atoms with E-state index in [9.17, 15) is 9.18 Å². The number of halogens is 1. The zero-order valence-corrected chi connectivity index (χ0v) is 12.3. The van der Waals surface area contributed by atoms with Gasteiger partial charge in [-0.1, -0.05) is 12.1 Å². The lowest BCUT2D eigenvalue weighted by Crippen LogP contribution is -2.34. The fourth-order valence-corrected chi connectivity index (χ4v) is 2.86. The Labute approximate surface area is 122 Å². The highest BCUT2D eigenvalue weighted by atomic mass is 32.1. The number of thiophene rings is 1. The molecular formula is C15H17FN2OS. The predicted octanol–water partition coefficient (Wildman–Crippen LogP) is 2.92. The van der Waals surface area contributed by atoms with E-state index in [-0.39, 0.29) is 11.9 Å². The van der Waals surface area contributed by atoms with Crippen LogP contribution < -0.4 is 5.32 Å². The Balaban J connectivity index is 2.01. The van der Waals surface area contributed by atoms with Crippen molar-refractivity contribution in [2.45, 2.75) is 6.04 Å². The lowest BCUT2D eigenvalue weighted by Gasteiger charge is -2.23. The molecule has 0 unspecified atom stereocenters. The molecule has 1 aromatic heterocycles. The smallest absolute Gasteiger partial charge is 0.251 e. The molecule has 2 aromatic rings.